The molecule has 0 fully saturated rings. The van der Waals surface area contributed by atoms with Gasteiger partial charge in [-0.2, -0.15) is 0 Å². The number of benzene rings is 3. The van der Waals surface area contributed by atoms with Crippen LogP contribution in [0.5, 0.6) is 17.2 Å². The number of methoxy groups -OCH3 is 1. The van der Waals surface area contributed by atoms with Crippen LogP contribution in [0.25, 0.3) is 11.8 Å². The number of phenols is 1. The van der Waals surface area contributed by atoms with Gasteiger partial charge in [-0.15, -0.1) is 0 Å². The molecule has 1 aliphatic rings. The maximum atomic E-state index is 14.0. The molecule has 1 aromatic heterocycles. The zero-order valence-corrected chi connectivity index (χ0v) is 23.1. The van der Waals surface area contributed by atoms with E-state index in [0.29, 0.717) is 44.3 Å². The number of hydrogen-bond donors (Lipinski definition) is 1. The summed E-state index contributed by atoms with van der Waals surface area (Å²) >= 11 is 1.22. The van der Waals surface area contributed by atoms with Crippen LogP contribution >= 0.6 is 11.3 Å². The minimum atomic E-state index is -0.804. The quantitative estimate of drug-likeness (QED) is 0.329. The van der Waals surface area contributed by atoms with Crippen molar-refractivity contribution in [3.63, 3.8) is 0 Å². The Bertz CT molecular complexity index is 1770. The number of fused-ring (bicyclic) bond motifs is 1. The molecule has 9 heteroatoms. The number of carbonyl (C=O) groups excluding carboxylic acids is 1. The van der Waals surface area contributed by atoms with Gasteiger partial charge in [0.15, 0.2) is 16.3 Å². The SMILES string of the molecule is CCOC(=O)C1=C(c2ccccc2)N=c2s/c(=C\c3ccc(O)c(OCC)c3)c(=O)n2[C@H]1c1cccc(OC)c1. The molecule has 0 amide bonds. The lowest BCUT2D eigenvalue weighted by atomic mass is 9.93. The van der Waals surface area contributed by atoms with E-state index in [0.717, 1.165) is 5.56 Å². The topological polar surface area (TPSA) is 99.4 Å². The van der Waals surface area contributed by atoms with Crippen LogP contribution in [-0.2, 0) is 9.53 Å². The Morgan fingerprint density at radius 2 is 1.85 bits per heavy atom. The molecule has 0 bridgehead atoms. The van der Waals surface area contributed by atoms with Crippen LogP contribution in [0.15, 0.2) is 88.2 Å². The zero-order chi connectivity index (χ0) is 28.2. The van der Waals surface area contributed by atoms with Crippen molar-refractivity contribution in [2.45, 2.75) is 19.9 Å². The number of esters is 1. The lowest BCUT2D eigenvalue weighted by molar-refractivity contribution is -0.138. The number of hydrogen-bond acceptors (Lipinski definition) is 8. The minimum absolute atomic E-state index is 0.0186. The van der Waals surface area contributed by atoms with Gasteiger partial charge in [0.05, 0.1) is 42.2 Å². The first-order chi connectivity index (χ1) is 19.4. The van der Waals surface area contributed by atoms with E-state index >= 15 is 0 Å². The first-order valence-corrected chi connectivity index (χ1v) is 13.6. The van der Waals surface area contributed by atoms with Crippen molar-refractivity contribution in [3.05, 3.63) is 115 Å². The second kappa shape index (κ2) is 11.6. The Hall–Kier alpha value is -4.63. The van der Waals surface area contributed by atoms with E-state index in [2.05, 4.69) is 0 Å². The van der Waals surface area contributed by atoms with E-state index in [-0.39, 0.29) is 23.5 Å². The Morgan fingerprint density at radius 1 is 1.05 bits per heavy atom. The summed E-state index contributed by atoms with van der Waals surface area (Å²) in [4.78, 5) is 32.8. The average molecular weight is 557 g/mol. The molecule has 5 rings (SSSR count). The van der Waals surface area contributed by atoms with Crippen LogP contribution in [0, 0.1) is 0 Å². The number of aromatic hydroxyl groups is 1. The third-order valence-electron chi connectivity index (χ3n) is 6.36. The van der Waals surface area contributed by atoms with Crippen molar-refractivity contribution in [2.24, 2.45) is 4.99 Å². The molecule has 0 saturated carbocycles. The summed E-state index contributed by atoms with van der Waals surface area (Å²) in [5.41, 5.74) is 2.50. The fraction of sp³-hybridized carbons (Fsp3) is 0.194. The van der Waals surface area contributed by atoms with Crippen molar-refractivity contribution in [1.82, 2.24) is 4.57 Å². The number of thiazole rings is 1. The lowest BCUT2D eigenvalue weighted by Crippen LogP contribution is -2.40. The molecule has 1 atom stereocenters. The third kappa shape index (κ3) is 5.15. The summed E-state index contributed by atoms with van der Waals surface area (Å²) in [5.74, 6) is 0.389. The monoisotopic (exact) mass is 556 g/mol. The van der Waals surface area contributed by atoms with E-state index < -0.39 is 12.0 Å². The minimum Gasteiger partial charge on any atom is -0.504 e. The second-order valence-corrected chi connectivity index (χ2v) is 9.88. The van der Waals surface area contributed by atoms with Gasteiger partial charge in [-0.3, -0.25) is 9.36 Å². The summed E-state index contributed by atoms with van der Waals surface area (Å²) < 4.78 is 18.4. The van der Waals surface area contributed by atoms with Gasteiger partial charge in [-0.05, 0) is 55.3 Å². The highest BCUT2D eigenvalue weighted by Crippen LogP contribution is 2.36. The van der Waals surface area contributed by atoms with Crippen LogP contribution in [0.1, 0.15) is 36.6 Å². The predicted octanol–water partition coefficient (Wildman–Crippen LogP) is 4.05. The summed E-state index contributed by atoms with van der Waals surface area (Å²) in [6.45, 7) is 4.13. The highest BCUT2D eigenvalue weighted by molar-refractivity contribution is 7.07. The largest absolute Gasteiger partial charge is 0.504 e. The van der Waals surface area contributed by atoms with Crippen LogP contribution in [-0.4, -0.2) is 36.0 Å². The molecule has 0 spiro atoms. The van der Waals surface area contributed by atoms with Crippen LogP contribution in [0.2, 0.25) is 0 Å². The van der Waals surface area contributed by atoms with Gasteiger partial charge < -0.3 is 19.3 Å². The van der Waals surface area contributed by atoms with Gasteiger partial charge in [0, 0.05) is 5.56 Å². The van der Waals surface area contributed by atoms with E-state index in [9.17, 15) is 14.7 Å². The fourth-order valence-corrected chi connectivity index (χ4v) is 5.61. The molecule has 1 N–H and O–H groups in total. The van der Waals surface area contributed by atoms with E-state index in [4.69, 9.17) is 19.2 Å². The number of nitrogens with zero attached hydrogens (tertiary/aromatic N) is 2. The van der Waals surface area contributed by atoms with Gasteiger partial charge in [-0.1, -0.05) is 59.9 Å². The van der Waals surface area contributed by atoms with Gasteiger partial charge in [0.25, 0.3) is 5.56 Å². The van der Waals surface area contributed by atoms with Crippen molar-refractivity contribution < 1.29 is 24.1 Å². The van der Waals surface area contributed by atoms with Crippen molar-refractivity contribution in [2.75, 3.05) is 20.3 Å². The first-order valence-electron chi connectivity index (χ1n) is 12.8. The Kier molecular flexibility index (Phi) is 7.84. The highest BCUT2D eigenvalue weighted by atomic mass is 32.1. The van der Waals surface area contributed by atoms with Crippen molar-refractivity contribution >= 4 is 29.1 Å². The molecular weight excluding hydrogens is 528 g/mol. The highest BCUT2D eigenvalue weighted by Gasteiger charge is 2.35. The number of carbonyl (C=O) groups is 1. The maximum absolute atomic E-state index is 14.0. The molecule has 2 heterocycles. The summed E-state index contributed by atoms with van der Waals surface area (Å²) in [6, 6.07) is 20.8. The standard InChI is InChI=1S/C31H28N2O6S/c1-4-38-24-16-19(14-15-23(24)34)17-25-29(35)33-28(21-12-9-13-22(18-21)37-3)26(30(36)39-5-2)27(32-31(33)40-25)20-10-7-6-8-11-20/h6-18,28,34H,4-5H2,1-3H3/b25-17-/t28-/m0/s1. The first kappa shape index (κ1) is 27.0. The molecule has 0 unspecified atom stereocenters. The molecule has 0 saturated heterocycles. The smallest absolute Gasteiger partial charge is 0.338 e. The van der Waals surface area contributed by atoms with Gasteiger partial charge in [-0.25, -0.2) is 9.79 Å². The number of phenolic OH excluding ortho intramolecular Hbond substituents is 1. The van der Waals surface area contributed by atoms with Gasteiger partial charge in [0.2, 0.25) is 0 Å². The molecule has 3 aromatic carbocycles. The number of rotatable bonds is 8. The molecule has 8 nitrogen and oxygen atoms in total. The molecular formula is C31H28N2O6S. The second-order valence-electron chi connectivity index (χ2n) is 8.87. The van der Waals surface area contributed by atoms with Gasteiger partial charge >= 0.3 is 5.97 Å². The van der Waals surface area contributed by atoms with E-state index in [1.54, 1.807) is 38.3 Å². The molecule has 0 radical (unpaired) electrons. The Labute approximate surface area is 234 Å². The molecule has 204 valence electrons. The fourth-order valence-electron chi connectivity index (χ4n) is 4.61. The van der Waals surface area contributed by atoms with Crippen molar-refractivity contribution in [1.29, 1.82) is 0 Å². The van der Waals surface area contributed by atoms with Gasteiger partial charge in [0.1, 0.15) is 5.75 Å². The predicted molar refractivity (Wildman–Crippen MR) is 153 cm³/mol. The molecule has 0 aliphatic carbocycles. The van der Waals surface area contributed by atoms with Crippen molar-refractivity contribution in [3.8, 4) is 17.2 Å². The van der Waals surface area contributed by atoms with Crippen LogP contribution in [0.4, 0.5) is 0 Å². The van der Waals surface area contributed by atoms with E-state index in [1.807, 2.05) is 55.5 Å². The number of aromatic nitrogens is 1. The Morgan fingerprint density at radius 3 is 2.58 bits per heavy atom. The molecule has 1 aliphatic heterocycles. The Balaban J connectivity index is 1.80. The number of ether oxygens (including phenoxy) is 3. The summed E-state index contributed by atoms with van der Waals surface area (Å²) in [7, 11) is 1.57. The van der Waals surface area contributed by atoms with E-state index in [1.165, 1.54) is 22.0 Å². The molecule has 40 heavy (non-hydrogen) atoms. The molecule has 4 aromatic rings. The third-order valence-corrected chi connectivity index (χ3v) is 7.35. The maximum Gasteiger partial charge on any atom is 0.338 e. The van der Waals surface area contributed by atoms with Crippen LogP contribution < -0.4 is 24.4 Å². The summed E-state index contributed by atoms with van der Waals surface area (Å²) in [6.07, 6.45) is 1.73. The van der Waals surface area contributed by atoms with Crippen LogP contribution in [0.3, 0.4) is 0 Å². The zero-order valence-electron chi connectivity index (χ0n) is 22.3. The average Bonchev–Trinajstić information content (AvgIpc) is 3.28. The lowest BCUT2D eigenvalue weighted by Gasteiger charge is -2.26. The normalized spacial score (nSPS) is 14.9. The summed E-state index contributed by atoms with van der Waals surface area (Å²) in [5, 5.41) is 10.1.